The Bertz CT molecular complexity index is 169. The van der Waals surface area contributed by atoms with Gasteiger partial charge in [0.05, 0.1) is 6.61 Å². The van der Waals surface area contributed by atoms with Crippen LogP contribution in [-0.2, 0) is 4.79 Å². The predicted molar refractivity (Wildman–Crippen MR) is 40.0 cm³/mol. The molecule has 0 spiro atoms. The molecule has 0 bridgehead atoms. The molecule has 0 aromatic heterocycles. The summed E-state index contributed by atoms with van der Waals surface area (Å²) >= 11 is 0. The first-order chi connectivity index (χ1) is 6.36. The maximum Gasteiger partial charge on any atom is 0.291 e. The Morgan fingerprint density at radius 1 is 1.36 bits per heavy atom. The van der Waals surface area contributed by atoms with E-state index >= 15 is 0 Å². The average Bonchev–Trinajstić information content (AvgIpc) is 2.13. The van der Waals surface area contributed by atoms with Crippen molar-refractivity contribution < 1.29 is 35.5 Å². The fourth-order valence-corrected chi connectivity index (χ4v) is 0.416. The van der Waals surface area contributed by atoms with Crippen molar-refractivity contribution in [2.24, 2.45) is 0 Å². The Morgan fingerprint density at radius 3 is 1.93 bits per heavy atom. The summed E-state index contributed by atoms with van der Waals surface area (Å²) in [4.78, 5) is 18.1. The lowest BCUT2D eigenvalue weighted by atomic mass is 10.1. The number of carbonyl (C=O) groups is 1. The van der Waals surface area contributed by atoms with E-state index in [1.54, 1.807) is 0 Å². The summed E-state index contributed by atoms with van der Waals surface area (Å²) in [5.74, 6) is 0. The van der Waals surface area contributed by atoms with Gasteiger partial charge in [-0.1, -0.05) is 0 Å². The molecule has 0 radical (unpaired) electrons. The van der Waals surface area contributed by atoms with E-state index in [1.807, 2.05) is 0 Å². The van der Waals surface area contributed by atoms with Crippen molar-refractivity contribution in [1.82, 2.24) is 0 Å². The van der Waals surface area contributed by atoms with Crippen LogP contribution in [0.4, 0.5) is 0 Å². The van der Waals surface area contributed by atoms with Crippen LogP contribution in [0.1, 0.15) is 0 Å². The number of aliphatic hydroxyl groups excluding tert-OH is 4. The second-order valence-electron chi connectivity index (χ2n) is 2.11. The topological polar surface area (TPSA) is 161 Å². The highest BCUT2D eigenvalue weighted by Crippen LogP contribution is 1.96. The zero-order chi connectivity index (χ0) is 11.7. The Kier molecular flexibility index (Phi) is 9.02. The third-order valence-corrected chi connectivity index (χ3v) is 1.07. The van der Waals surface area contributed by atoms with Crippen LogP contribution in [0, 0.1) is 10.1 Å². The van der Waals surface area contributed by atoms with Gasteiger partial charge in [-0.2, -0.15) is 0 Å². The molecule has 14 heavy (non-hydrogen) atoms. The van der Waals surface area contributed by atoms with E-state index < -0.39 is 30.0 Å². The maximum atomic E-state index is 9.76. The molecule has 0 aliphatic carbocycles. The standard InChI is InChI=1S/C5H10O5.HNO3/c6-1-3(8)5(10)4(9)2-7;2-1(3)4/h1,3-5,7-10H,2H2;(H,2,3,4)/t3-,4-,5+;/m0./s1. The molecule has 0 aliphatic heterocycles. The Morgan fingerprint density at radius 2 is 1.71 bits per heavy atom. The third kappa shape index (κ3) is 8.80. The van der Waals surface area contributed by atoms with Crippen molar-refractivity contribution in [3.8, 4) is 0 Å². The monoisotopic (exact) mass is 213 g/mol. The molecule has 84 valence electrons. The average molecular weight is 213 g/mol. The Labute approximate surface area is 77.9 Å². The summed E-state index contributed by atoms with van der Waals surface area (Å²) in [5, 5.41) is 47.7. The summed E-state index contributed by atoms with van der Waals surface area (Å²) in [7, 11) is 0. The van der Waals surface area contributed by atoms with Crippen LogP contribution in [0.5, 0.6) is 0 Å². The van der Waals surface area contributed by atoms with Gasteiger partial charge in [-0.05, 0) is 0 Å². The van der Waals surface area contributed by atoms with Crippen LogP contribution < -0.4 is 0 Å². The lowest BCUT2D eigenvalue weighted by Gasteiger charge is -2.16. The van der Waals surface area contributed by atoms with E-state index in [-0.39, 0.29) is 6.29 Å². The van der Waals surface area contributed by atoms with Crippen molar-refractivity contribution in [2.45, 2.75) is 18.3 Å². The molecular weight excluding hydrogens is 202 g/mol. The van der Waals surface area contributed by atoms with Gasteiger partial charge in [0.2, 0.25) is 0 Å². The van der Waals surface area contributed by atoms with Gasteiger partial charge < -0.3 is 30.4 Å². The zero-order valence-electron chi connectivity index (χ0n) is 6.92. The minimum Gasteiger partial charge on any atom is -0.394 e. The van der Waals surface area contributed by atoms with Crippen LogP contribution in [0.2, 0.25) is 0 Å². The lowest BCUT2D eigenvalue weighted by molar-refractivity contribution is -0.742. The SMILES string of the molecule is O=C[C@H](O)[C@@H](O)[C@@H](O)CO.O=[N+]([O-])O. The third-order valence-electron chi connectivity index (χ3n) is 1.07. The molecule has 0 fully saturated rings. The molecule has 0 heterocycles. The first kappa shape index (κ1) is 15.2. The minimum atomic E-state index is -1.64. The maximum absolute atomic E-state index is 9.76. The highest BCUT2D eigenvalue weighted by Gasteiger charge is 2.22. The molecule has 0 rings (SSSR count). The smallest absolute Gasteiger partial charge is 0.291 e. The van der Waals surface area contributed by atoms with Crippen LogP contribution in [-0.4, -0.2) is 61.9 Å². The van der Waals surface area contributed by atoms with E-state index in [4.69, 9.17) is 35.7 Å². The molecule has 0 saturated carbocycles. The summed E-state index contributed by atoms with van der Waals surface area (Å²) < 4.78 is 0. The molecule has 5 N–H and O–H groups in total. The van der Waals surface area contributed by atoms with Crippen LogP contribution in [0.3, 0.4) is 0 Å². The summed E-state index contributed by atoms with van der Waals surface area (Å²) in [6.45, 7) is -0.688. The summed E-state index contributed by atoms with van der Waals surface area (Å²) in [5.41, 5.74) is 0. The van der Waals surface area contributed by atoms with Crippen LogP contribution in [0.25, 0.3) is 0 Å². The fourth-order valence-electron chi connectivity index (χ4n) is 0.416. The van der Waals surface area contributed by atoms with Crippen molar-refractivity contribution in [2.75, 3.05) is 6.61 Å². The molecule has 0 aromatic carbocycles. The Hall–Kier alpha value is -1.29. The van der Waals surface area contributed by atoms with Gasteiger partial charge in [0.1, 0.15) is 18.3 Å². The molecule has 3 atom stereocenters. The van der Waals surface area contributed by atoms with Crippen molar-refractivity contribution in [1.29, 1.82) is 0 Å². The van der Waals surface area contributed by atoms with Gasteiger partial charge in [-0.15, -0.1) is 10.1 Å². The Balaban J connectivity index is 0. The largest absolute Gasteiger partial charge is 0.394 e. The number of hydrogen-bond donors (Lipinski definition) is 5. The highest BCUT2D eigenvalue weighted by molar-refractivity contribution is 5.56. The number of aliphatic hydroxyl groups is 4. The number of carbonyl (C=O) groups excluding carboxylic acids is 1. The highest BCUT2D eigenvalue weighted by atomic mass is 16.9. The molecule has 0 saturated heterocycles. The van der Waals surface area contributed by atoms with Crippen molar-refractivity contribution >= 4 is 6.29 Å². The van der Waals surface area contributed by atoms with E-state index in [0.29, 0.717) is 0 Å². The van der Waals surface area contributed by atoms with Crippen LogP contribution >= 0.6 is 0 Å². The van der Waals surface area contributed by atoms with Crippen molar-refractivity contribution in [3.05, 3.63) is 10.1 Å². The number of nitrogens with zero attached hydrogens (tertiary/aromatic N) is 1. The normalized spacial score (nSPS) is 15.7. The fraction of sp³-hybridized carbons (Fsp3) is 0.800. The molecule has 0 aliphatic rings. The number of rotatable bonds is 4. The van der Waals surface area contributed by atoms with Gasteiger partial charge in [-0.25, -0.2) is 0 Å². The van der Waals surface area contributed by atoms with E-state index in [2.05, 4.69) is 0 Å². The summed E-state index contributed by atoms with van der Waals surface area (Å²) in [6.07, 6.45) is -4.63. The molecule has 0 amide bonds. The van der Waals surface area contributed by atoms with E-state index in [9.17, 15) is 4.79 Å². The van der Waals surface area contributed by atoms with Gasteiger partial charge in [0.15, 0.2) is 6.29 Å². The number of aldehydes is 1. The number of hydrogen-bond acceptors (Lipinski definition) is 7. The lowest BCUT2D eigenvalue weighted by Crippen LogP contribution is -2.40. The van der Waals surface area contributed by atoms with Gasteiger partial charge >= 0.3 is 0 Å². The van der Waals surface area contributed by atoms with Crippen molar-refractivity contribution in [3.63, 3.8) is 0 Å². The first-order valence-corrected chi connectivity index (χ1v) is 3.30. The zero-order valence-corrected chi connectivity index (χ0v) is 6.92. The second kappa shape index (κ2) is 8.31. The molecule has 0 aromatic rings. The predicted octanol–water partition coefficient (Wildman–Crippen LogP) is -3.09. The van der Waals surface area contributed by atoms with Gasteiger partial charge in [0.25, 0.3) is 5.09 Å². The van der Waals surface area contributed by atoms with Gasteiger partial charge in [0, 0.05) is 0 Å². The van der Waals surface area contributed by atoms with Gasteiger partial charge in [-0.3, -0.25) is 0 Å². The molecule has 9 nitrogen and oxygen atoms in total. The van der Waals surface area contributed by atoms with E-state index in [0.717, 1.165) is 0 Å². The minimum absolute atomic E-state index is 0.0869. The summed E-state index contributed by atoms with van der Waals surface area (Å²) in [6, 6.07) is 0. The molecular formula is C5H11NO8. The molecule has 0 unspecified atom stereocenters. The quantitative estimate of drug-likeness (QED) is 0.186. The first-order valence-electron chi connectivity index (χ1n) is 3.30. The van der Waals surface area contributed by atoms with Crippen LogP contribution in [0.15, 0.2) is 0 Å². The van der Waals surface area contributed by atoms with E-state index in [1.165, 1.54) is 0 Å². The second-order valence-corrected chi connectivity index (χ2v) is 2.11. The molecule has 9 heteroatoms.